The van der Waals surface area contributed by atoms with Crippen molar-refractivity contribution >= 4 is 38.3 Å². The number of hydrogen-bond acceptors (Lipinski definition) is 4. The quantitative estimate of drug-likeness (QED) is 0.765. The summed E-state index contributed by atoms with van der Waals surface area (Å²) < 4.78 is 0.986. The van der Waals surface area contributed by atoms with Crippen LogP contribution in [-0.2, 0) is 10.2 Å². The van der Waals surface area contributed by atoms with Crippen LogP contribution in [0.5, 0.6) is 0 Å². The van der Waals surface area contributed by atoms with Crippen LogP contribution in [0.3, 0.4) is 0 Å². The molecule has 1 saturated carbocycles. The highest BCUT2D eigenvalue weighted by Crippen LogP contribution is 2.35. The van der Waals surface area contributed by atoms with E-state index in [1.807, 2.05) is 36.6 Å². The number of aliphatic hydroxyl groups excluding tert-OH is 1. The van der Waals surface area contributed by atoms with Gasteiger partial charge in [-0.1, -0.05) is 34.0 Å². The van der Waals surface area contributed by atoms with E-state index in [1.54, 1.807) is 0 Å². The molecule has 1 amide bonds. The zero-order chi connectivity index (χ0) is 17.3. The Morgan fingerprint density at radius 1 is 1.46 bits per heavy atom. The smallest absolute Gasteiger partial charge is 0.229 e. The Bertz CT molecular complexity index is 790. The molecule has 0 bridgehead atoms. The van der Waals surface area contributed by atoms with Gasteiger partial charge in [-0.25, -0.2) is 4.98 Å². The van der Waals surface area contributed by atoms with E-state index < -0.39 is 5.41 Å². The van der Waals surface area contributed by atoms with Crippen LogP contribution in [0.15, 0.2) is 34.1 Å². The van der Waals surface area contributed by atoms with Gasteiger partial charge in [0.2, 0.25) is 5.91 Å². The number of rotatable bonds is 4. The van der Waals surface area contributed by atoms with Gasteiger partial charge >= 0.3 is 0 Å². The van der Waals surface area contributed by atoms with E-state index in [9.17, 15) is 9.90 Å². The van der Waals surface area contributed by atoms with E-state index in [0.29, 0.717) is 18.0 Å². The number of nitrogens with zero attached hydrogens (tertiary/aromatic N) is 1. The maximum atomic E-state index is 12.1. The number of terminal acetylenes is 1. The maximum Gasteiger partial charge on any atom is 0.229 e. The molecule has 0 spiro atoms. The minimum absolute atomic E-state index is 0.0905. The second-order valence-corrected chi connectivity index (χ2v) is 7.90. The number of benzene rings is 1. The van der Waals surface area contributed by atoms with Gasteiger partial charge in [0.1, 0.15) is 0 Å². The number of thiazole rings is 1. The van der Waals surface area contributed by atoms with E-state index in [2.05, 4.69) is 32.2 Å². The number of amides is 1. The number of aromatic nitrogens is 1. The minimum atomic E-state index is -0.660. The first-order chi connectivity index (χ1) is 11.4. The van der Waals surface area contributed by atoms with Gasteiger partial charge in [0.25, 0.3) is 0 Å². The number of nitrogens with one attached hydrogen (secondary N) is 1. The van der Waals surface area contributed by atoms with Crippen molar-refractivity contribution in [3.8, 4) is 12.3 Å². The average Bonchev–Trinajstić information content (AvgIpc) is 3.00. The topological polar surface area (TPSA) is 62.2 Å². The Hall–Kier alpha value is -1.68. The Morgan fingerprint density at radius 2 is 2.12 bits per heavy atom. The maximum absolute atomic E-state index is 12.1. The fourth-order valence-corrected chi connectivity index (χ4v) is 3.75. The molecule has 24 heavy (non-hydrogen) atoms. The summed E-state index contributed by atoms with van der Waals surface area (Å²) in [5.41, 5.74) is 1.05. The number of aliphatic hydroxyl groups is 1. The average molecular weight is 405 g/mol. The second kappa shape index (κ2) is 6.67. The summed E-state index contributed by atoms with van der Waals surface area (Å²) in [6, 6.07) is 7.83. The standard InChI is InChI=1S/C18H17BrN2O2S/c1-3-18(2,12-4-6-13(19)7-5-12)15-10-24-17(20-15)21-16(23)11-8-14(22)9-11/h1,4-7,10-11,14,22H,8-9H2,2H3,(H,20,21,23). The molecule has 4 nitrogen and oxygen atoms in total. The van der Waals surface area contributed by atoms with Crippen molar-refractivity contribution < 1.29 is 9.90 Å². The Morgan fingerprint density at radius 3 is 2.71 bits per heavy atom. The van der Waals surface area contributed by atoms with Crippen LogP contribution < -0.4 is 5.32 Å². The predicted molar refractivity (Wildman–Crippen MR) is 98.9 cm³/mol. The molecule has 1 heterocycles. The number of hydrogen-bond donors (Lipinski definition) is 2. The van der Waals surface area contributed by atoms with E-state index in [1.165, 1.54) is 11.3 Å². The van der Waals surface area contributed by atoms with Gasteiger partial charge in [0.15, 0.2) is 5.13 Å². The summed E-state index contributed by atoms with van der Waals surface area (Å²) in [7, 11) is 0. The van der Waals surface area contributed by atoms with Gasteiger partial charge < -0.3 is 10.4 Å². The molecular weight excluding hydrogens is 388 g/mol. The summed E-state index contributed by atoms with van der Waals surface area (Å²) in [6.07, 6.45) is 6.49. The monoisotopic (exact) mass is 404 g/mol. The molecule has 124 valence electrons. The molecule has 6 heteroatoms. The second-order valence-electron chi connectivity index (χ2n) is 6.13. The van der Waals surface area contributed by atoms with Crippen LogP contribution in [0.2, 0.25) is 0 Å². The van der Waals surface area contributed by atoms with Crippen molar-refractivity contribution in [3.63, 3.8) is 0 Å². The minimum Gasteiger partial charge on any atom is -0.393 e. The molecule has 0 aliphatic heterocycles. The van der Waals surface area contributed by atoms with Crippen molar-refractivity contribution in [3.05, 3.63) is 45.4 Å². The van der Waals surface area contributed by atoms with Crippen molar-refractivity contribution in [2.24, 2.45) is 5.92 Å². The molecule has 1 aliphatic rings. The molecule has 1 atom stereocenters. The third kappa shape index (κ3) is 3.25. The Kier molecular flexibility index (Phi) is 4.77. The van der Waals surface area contributed by atoms with Gasteiger partial charge in [0.05, 0.1) is 17.2 Å². The molecule has 2 N–H and O–H groups in total. The first kappa shape index (κ1) is 17.2. The third-order valence-electron chi connectivity index (χ3n) is 4.44. The lowest BCUT2D eigenvalue weighted by atomic mass is 9.81. The lowest BCUT2D eigenvalue weighted by molar-refractivity contribution is -0.126. The molecule has 0 saturated heterocycles. The van der Waals surface area contributed by atoms with Crippen LogP contribution in [-0.4, -0.2) is 22.1 Å². The number of carbonyl (C=O) groups is 1. The zero-order valence-electron chi connectivity index (χ0n) is 13.1. The highest BCUT2D eigenvalue weighted by Gasteiger charge is 2.34. The van der Waals surface area contributed by atoms with E-state index in [4.69, 9.17) is 6.42 Å². The van der Waals surface area contributed by atoms with Crippen molar-refractivity contribution in [2.45, 2.75) is 31.3 Å². The number of anilines is 1. The fraction of sp³-hybridized carbons (Fsp3) is 0.333. The van der Waals surface area contributed by atoms with Crippen LogP contribution in [0.1, 0.15) is 31.0 Å². The molecule has 1 aliphatic carbocycles. The van der Waals surface area contributed by atoms with Gasteiger partial charge in [-0.05, 0) is 37.5 Å². The normalized spacial score (nSPS) is 22.1. The predicted octanol–water partition coefficient (Wildman–Crippen LogP) is 3.55. The molecule has 1 aromatic heterocycles. The highest BCUT2D eigenvalue weighted by atomic mass is 79.9. The Labute approximate surface area is 153 Å². The van der Waals surface area contributed by atoms with Gasteiger partial charge in [-0.2, -0.15) is 0 Å². The molecule has 1 fully saturated rings. The lowest BCUT2D eigenvalue weighted by Crippen LogP contribution is -2.37. The highest BCUT2D eigenvalue weighted by molar-refractivity contribution is 9.10. The van der Waals surface area contributed by atoms with Crippen molar-refractivity contribution in [1.29, 1.82) is 0 Å². The lowest BCUT2D eigenvalue weighted by Gasteiger charge is -2.29. The van der Waals surface area contributed by atoms with Gasteiger partial charge in [0, 0.05) is 15.8 Å². The third-order valence-corrected chi connectivity index (χ3v) is 5.73. The fourth-order valence-electron chi connectivity index (χ4n) is 2.66. The van der Waals surface area contributed by atoms with Gasteiger partial charge in [-0.3, -0.25) is 4.79 Å². The summed E-state index contributed by atoms with van der Waals surface area (Å²) >= 11 is 4.78. The Balaban J connectivity index is 1.79. The van der Waals surface area contributed by atoms with E-state index in [0.717, 1.165) is 15.7 Å². The summed E-state index contributed by atoms with van der Waals surface area (Å²) in [5, 5.41) is 14.5. The summed E-state index contributed by atoms with van der Waals surface area (Å²) in [6.45, 7) is 1.94. The van der Waals surface area contributed by atoms with E-state index >= 15 is 0 Å². The SMILES string of the molecule is C#CC(C)(c1ccc(Br)cc1)c1csc(NC(=O)C2CC(O)C2)n1. The molecule has 3 rings (SSSR count). The summed E-state index contributed by atoms with van der Waals surface area (Å²) in [4.78, 5) is 16.6. The van der Waals surface area contributed by atoms with Crippen LogP contribution in [0.4, 0.5) is 5.13 Å². The molecule has 2 aromatic rings. The van der Waals surface area contributed by atoms with E-state index in [-0.39, 0.29) is 17.9 Å². The van der Waals surface area contributed by atoms with Crippen LogP contribution in [0, 0.1) is 18.3 Å². The van der Waals surface area contributed by atoms with Crippen LogP contribution in [0.25, 0.3) is 0 Å². The zero-order valence-corrected chi connectivity index (χ0v) is 15.5. The summed E-state index contributed by atoms with van der Waals surface area (Å²) in [5.74, 6) is 2.61. The molecule has 1 aromatic carbocycles. The first-order valence-corrected chi connectivity index (χ1v) is 9.28. The first-order valence-electron chi connectivity index (χ1n) is 7.61. The molecule has 1 unspecified atom stereocenters. The van der Waals surface area contributed by atoms with Crippen molar-refractivity contribution in [1.82, 2.24) is 4.98 Å². The number of halogens is 1. The van der Waals surface area contributed by atoms with Crippen LogP contribution >= 0.6 is 27.3 Å². The number of carbonyl (C=O) groups excluding carboxylic acids is 1. The van der Waals surface area contributed by atoms with Crippen molar-refractivity contribution in [2.75, 3.05) is 5.32 Å². The molecular formula is C18H17BrN2O2S. The molecule has 0 radical (unpaired) electrons. The van der Waals surface area contributed by atoms with Gasteiger partial charge in [-0.15, -0.1) is 17.8 Å². The largest absolute Gasteiger partial charge is 0.393 e.